The van der Waals surface area contributed by atoms with Crippen molar-refractivity contribution in [3.05, 3.63) is 29.3 Å². The minimum absolute atomic E-state index is 0.00333. The first-order valence-electron chi connectivity index (χ1n) is 5.55. The van der Waals surface area contributed by atoms with Crippen LogP contribution in [0, 0.1) is 0 Å². The lowest BCUT2D eigenvalue weighted by Gasteiger charge is -2.20. The van der Waals surface area contributed by atoms with Crippen molar-refractivity contribution >= 4 is 11.8 Å². The maximum atomic E-state index is 11.8. The van der Waals surface area contributed by atoms with Crippen molar-refractivity contribution in [3.63, 3.8) is 0 Å². The summed E-state index contributed by atoms with van der Waals surface area (Å²) < 4.78 is 5.13. The number of carbonyl (C=O) groups excluding carboxylic acids is 2. The third-order valence-corrected chi connectivity index (χ3v) is 2.64. The fourth-order valence-electron chi connectivity index (χ4n) is 1.32. The zero-order valence-electron chi connectivity index (χ0n) is 10.9. The molecule has 18 heavy (non-hydrogen) atoms. The highest BCUT2D eigenvalue weighted by molar-refractivity contribution is 6.02. The summed E-state index contributed by atoms with van der Waals surface area (Å²) in [5, 5.41) is 9.85. The van der Waals surface area contributed by atoms with Gasteiger partial charge in [-0.2, -0.15) is 0 Å². The van der Waals surface area contributed by atoms with Gasteiger partial charge in [0.15, 0.2) is 12.0 Å². The minimum Gasteiger partial charge on any atom is -0.506 e. The summed E-state index contributed by atoms with van der Waals surface area (Å²) in [6.07, 6.45) is -0.419. The second-order valence-electron chi connectivity index (χ2n) is 4.23. The van der Waals surface area contributed by atoms with E-state index in [0.717, 1.165) is 0 Å². The third kappa shape index (κ3) is 3.07. The number of carbonyl (C=O) groups is 2. The van der Waals surface area contributed by atoms with Gasteiger partial charge in [0.2, 0.25) is 0 Å². The van der Waals surface area contributed by atoms with Crippen molar-refractivity contribution in [2.75, 3.05) is 14.1 Å². The van der Waals surface area contributed by atoms with E-state index in [1.807, 2.05) is 0 Å². The molecule has 0 amide bonds. The Kier molecular flexibility index (Phi) is 4.44. The van der Waals surface area contributed by atoms with E-state index in [4.69, 9.17) is 4.74 Å². The molecule has 0 spiro atoms. The molecular formula is C13H17NO4. The molecule has 1 aromatic carbocycles. The van der Waals surface area contributed by atoms with Crippen molar-refractivity contribution in [2.45, 2.75) is 20.1 Å². The quantitative estimate of drug-likeness (QED) is 0.501. The van der Waals surface area contributed by atoms with E-state index in [9.17, 15) is 14.7 Å². The van der Waals surface area contributed by atoms with E-state index in [1.165, 1.54) is 25.1 Å². The van der Waals surface area contributed by atoms with Gasteiger partial charge in [-0.15, -0.1) is 0 Å². The van der Waals surface area contributed by atoms with Gasteiger partial charge in [-0.05, 0) is 40.1 Å². The molecule has 0 saturated heterocycles. The summed E-state index contributed by atoms with van der Waals surface area (Å²) in [6, 6.07) is 4.42. The number of ketones is 1. The summed E-state index contributed by atoms with van der Waals surface area (Å²) in [5.74, 6) is -1.29. The number of aromatic hydroxyl groups is 1. The van der Waals surface area contributed by atoms with Crippen molar-refractivity contribution in [1.29, 1.82) is 0 Å². The number of benzene rings is 1. The lowest BCUT2D eigenvalue weighted by molar-refractivity contribution is -0.00570. The van der Waals surface area contributed by atoms with E-state index in [0.29, 0.717) is 0 Å². The number of ether oxygens (including phenoxy) is 1. The molecule has 1 aromatic rings. The largest absolute Gasteiger partial charge is 0.506 e. The number of rotatable bonds is 4. The van der Waals surface area contributed by atoms with Crippen LogP contribution in [0.3, 0.4) is 0 Å². The van der Waals surface area contributed by atoms with Crippen LogP contribution in [0.1, 0.15) is 34.6 Å². The first-order valence-corrected chi connectivity index (χ1v) is 5.55. The Morgan fingerprint density at radius 2 is 1.83 bits per heavy atom. The first-order chi connectivity index (χ1) is 8.34. The van der Waals surface area contributed by atoms with Crippen molar-refractivity contribution < 1.29 is 19.4 Å². The molecule has 1 atom stereocenters. The average Bonchev–Trinajstić information content (AvgIpc) is 2.28. The Bertz CT molecular complexity index is 468. The Hall–Kier alpha value is -1.88. The number of phenolic OH excluding ortho intramolecular Hbond substituents is 1. The van der Waals surface area contributed by atoms with Crippen LogP contribution >= 0.6 is 0 Å². The molecule has 1 N–H and O–H groups in total. The first kappa shape index (κ1) is 14.2. The highest BCUT2D eigenvalue weighted by atomic mass is 16.6. The molecule has 1 rings (SSSR count). The Morgan fingerprint density at radius 1 is 1.28 bits per heavy atom. The van der Waals surface area contributed by atoms with Gasteiger partial charge < -0.3 is 9.84 Å². The predicted molar refractivity (Wildman–Crippen MR) is 66.7 cm³/mol. The zero-order valence-corrected chi connectivity index (χ0v) is 10.9. The molecule has 0 fully saturated rings. The molecular weight excluding hydrogens is 234 g/mol. The van der Waals surface area contributed by atoms with Crippen LogP contribution in [0.15, 0.2) is 18.2 Å². The number of hydrogen-bond donors (Lipinski definition) is 1. The lowest BCUT2D eigenvalue weighted by Crippen LogP contribution is -2.30. The SMILES string of the molecule is CC(=O)c1cccc(C(=O)OC(C)N(C)C)c1O. The molecule has 5 nitrogen and oxygen atoms in total. The molecule has 0 aliphatic rings. The molecule has 0 saturated carbocycles. The molecule has 0 bridgehead atoms. The summed E-state index contributed by atoms with van der Waals surface area (Å²) >= 11 is 0. The summed E-state index contributed by atoms with van der Waals surface area (Å²) in [6.45, 7) is 3.04. The maximum absolute atomic E-state index is 11.8. The Morgan fingerprint density at radius 3 is 2.33 bits per heavy atom. The van der Waals surface area contributed by atoms with Gasteiger partial charge in [-0.1, -0.05) is 6.07 Å². The van der Waals surface area contributed by atoms with Crippen LogP contribution in [0.5, 0.6) is 5.75 Å². The van der Waals surface area contributed by atoms with Crippen LogP contribution in [0.4, 0.5) is 0 Å². The van der Waals surface area contributed by atoms with E-state index >= 15 is 0 Å². The highest BCUT2D eigenvalue weighted by Crippen LogP contribution is 2.24. The van der Waals surface area contributed by atoms with Crippen molar-refractivity contribution in [1.82, 2.24) is 4.90 Å². The van der Waals surface area contributed by atoms with E-state index in [2.05, 4.69) is 0 Å². The number of Topliss-reactive ketones (excluding diaryl/α,β-unsaturated/α-hetero) is 1. The molecule has 0 aliphatic heterocycles. The van der Waals surface area contributed by atoms with Crippen LogP contribution in [0.2, 0.25) is 0 Å². The number of para-hydroxylation sites is 1. The normalized spacial score (nSPS) is 12.3. The van der Waals surface area contributed by atoms with Crippen LogP contribution in [-0.2, 0) is 4.74 Å². The van der Waals surface area contributed by atoms with Gasteiger partial charge in [0, 0.05) is 0 Å². The monoisotopic (exact) mass is 251 g/mol. The number of phenols is 1. The summed E-state index contributed by atoms with van der Waals surface area (Å²) in [5.41, 5.74) is 0.110. The van der Waals surface area contributed by atoms with Crippen LogP contribution < -0.4 is 0 Å². The Labute approximate surface area is 106 Å². The van der Waals surface area contributed by atoms with E-state index in [1.54, 1.807) is 25.9 Å². The zero-order chi connectivity index (χ0) is 13.9. The predicted octanol–water partition coefficient (Wildman–Crippen LogP) is 1.66. The number of nitrogens with zero attached hydrogens (tertiary/aromatic N) is 1. The lowest BCUT2D eigenvalue weighted by atomic mass is 10.1. The fraction of sp³-hybridized carbons (Fsp3) is 0.385. The molecule has 0 aromatic heterocycles. The molecule has 5 heteroatoms. The molecule has 0 heterocycles. The van der Waals surface area contributed by atoms with Gasteiger partial charge >= 0.3 is 5.97 Å². The summed E-state index contributed by atoms with van der Waals surface area (Å²) in [4.78, 5) is 24.8. The van der Waals surface area contributed by atoms with Gasteiger partial charge in [0.05, 0.1) is 5.56 Å². The minimum atomic E-state index is -0.656. The fourth-order valence-corrected chi connectivity index (χ4v) is 1.32. The van der Waals surface area contributed by atoms with Gasteiger partial charge in [-0.25, -0.2) is 4.79 Å². The second kappa shape index (κ2) is 5.64. The van der Waals surface area contributed by atoms with E-state index < -0.39 is 12.2 Å². The molecule has 0 aliphatic carbocycles. The van der Waals surface area contributed by atoms with Crippen LogP contribution in [-0.4, -0.2) is 42.1 Å². The third-order valence-electron chi connectivity index (χ3n) is 2.64. The summed E-state index contributed by atoms with van der Waals surface area (Å²) in [7, 11) is 3.54. The molecule has 1 unspecified atom stereocenters. The van der Waals surface area contributed by atoms with Crippen LogP contribution in [0.25, 0.3) is 0 Å². The molecule has 98 valence electrons. The van der Waals surface area contributed by atoms with Crippen molar-refractivity contribution in [3.8, 4) is 5.75 Å². The van der Waals surface area contributed by atoms with Crippen molar-refractivity contribution in [2.24, 2.45) is 0 Å². The second-order valence-corrected chi connectivity index (χ2v) is 4.23. The number of esters is 1. The van der Waals surface area contributed by atoms with Gasteiger partial charge in [-0.3, -0.25) is 9.69 Å². The van der Waals surface area contributed by atoms with Gasteiger partial charge in [0.25, 0.3) is 0 Å². The van der Waals surface area contributed by atoms with Gasteiger partial charge in [0.1, 0.15) is 11.3 Å². The van der Waals surface area contributed by atoms with E-state index in [-0.39, 0.29) is 22.7 Å². The smallest absolute Gasteiger partial charge is 0.343 e. The Balaban J connectivity index is 3.00. The maximum Gasteiger partial charge on any atom is 0.343 e. The molecule has 0 radical (unpaired) electrons. The topological polar surface area (TPSA) is 66.8 Å². The average molecular weight is 251 g/mol. The highest BCUT2D eigenvalue weighted by Gasteiger charge is 2.19. The number of hydrogen-bond acceptors (Lipinski definition) is 5. The standard InChI is InChI=1S/C13H17NO4/c1-8(15)10-6-5-7-11(12(10)16)13(17)18-9(2)14(3)4/h5-7,9,16H,1-4H3.